The molecule has 2 fully saturated rings. The minimum atomic E-state index is 0.228. The van der Waals surface area contributed by atoms with Crippen LogP contribution in [0.1, 0.15) is 33.1 Å². The van der Waals surface area contributed by atoms with E-state index in [0.717, 1.165) is 13.0 Å². The molecule has 2 aliphatic rings. The number of Topliss-reactive ketones (excluding diaryl/α,β-unsaturated/α-hetero) is 1. The van der Waals surface area contributed by atoms with Gasteiger partial charge in [0, 0.05) is 12.5 Å². The highest BCUT2D eigenvalue weighted by atomic mass is 16.1. The number of carbonyl (C=O) groups excluding carboxylic acids is 1. The lowest BCUT2D eigenvalue weighted by molar-refractivity contribution is -0.127. The van der Waals surface area contributed by atoms with Crippen molar-refractivity contribution >= 4 is 5.78 Å². The molecule has 2 saturated heterocycles. The van der Waals surface area contributed by atoms with Crippen molar-refractivity contribution in [2.24, 2.45) is 5.41 Å². The molecule has 2 aliphatic heterocycles. The molecule has 0 bridgehead atoms. The van der Waals surface area contributed by atoms with Crippen molar-refractivity contribution in [3.8, 4) is 0 Å². The van der Waals surface area contributed by atoms with E-state index < -0.39 is 0 Å². The lowest BCUT2D eigenvalue weighted by Gasteiger charge is -2.41. The fourth-order valence-electron chi connectivity index (χ4n) is 2.81. The van der Waals surface area contributed by atoms with Crippen LogP contribution in [-0.4, -0.2) is 29.8 Å². The Morgan fingerprint density at radius 3 is 3.00 bits per heavy atom. The Bertz CT molecular complexity index is 210. The molecule has 2 rings (SSSR count). The second-order valence-corrected chi connectivity index (χ2v) is 4.83. The molecule has 2 nitrogen and oxygen atoms in total. The van der Waals surface area contributed by atoms with Crippen LogP contribution >= 0.6 is 0 Å². The first-order valence-corrected chi connectivity index (χ1v) is 4.85. The van der Waals surface area contributed by atoms with Crippen LogP contribution in [0.4, 0.5) is 0 Å². The highest BCUT2D eigenvalue weighted by molar-refractivity contribution is 5.82. The van der Waals surface area contributed by atoms with Gasteiger partial charge in [-0.25, -0.2) is 0 Å². The van der Waals surface area contributed by atoms with Crippen molar-refractivity contribution in [3.05, 3.63) is 0 Å². The third-order valence-electron chi connectivity index (χ3n) is 3.30. The lowest BCUT2D eigenvalue weighted by Crippen LogP contribution is -2.49. The van der Waals surface area contributed by atoms with Crippen molar-refractivity contribution in [2.45, 2.75) is 39.2 Å². The van der Waals surface area contributed by atoms with Gasteiger partial charge in [-0.15, -0.1) is 0 Å². The maximum Gasteiger partial charge on any atom is 0.147 e. The summed E-state index contributed by atoms with van der Waals surface area (Å²) < 4.78 is 0. The Hall–Kier alpha value is -0.370. The monoisotopic (exact) mass is 167 g/mol. The van der Waals surface area contributed by atoms with Gasteiger partial charge in [0.05, 0.1) is 6.54 Å². The van der Waals surface area contributed by atoms with Gasteiger partial charge in [0.2, 0.25) is 0 Å². The highest BCUT2D eigenvalue weighted by Crippen LogP contribution is 2.39. The van der Waals surface area contributed by atoms with E-state index in [-0.39, 0.29) is 5.41 Å². The quantitative estimate of drug-likeness (QED) is 0.544. The van der Waals surface area contributed by atoms with Crippen molar-refractivity contribution in [1.82, 2.24) is 4.90 Å². The second kappa shape index (κ2) is 2.56. The molecule has 2 heteroatoms. The number of nitrogens with zero attached hydrogens (tertiary/aromatic N) is 1. The molecule has 68 valence electrons. The van der Waals surface area contributed by atoms with E-state index in [1.54, 1.807) is 0 Å². The molecule has 0 aromatic rings. The summed E-state index contributed by atoms with van der Waals surface area (Å²) in [5.41, 5.74) is 0.228. The van der Waals surface area contributed by atoms with E-state index in [0.29, 0.717) is 18.4 Å². The molecule has 1 atom stereocenters. The summed E-state index contributed by atoms with van der Waals surface area (Å²) in [5, 5.41) is 0. The zero-order valence-electron chi connectivity index (χ0n) is 7.97. The highest BCUT2D eigenvalue weighted by Gasteiger charge is 2.42. The zero-order valence-corrected chi connectivity index (χ0v) is 7.97. The van der Waals surface area contributed by atoms with Crippen molar-refractivity contribution in [3.63, 3.8) is 0 Å². The molecule has 0 N–H and O–H groups in total. The first kappa shape index (κ1) is 8.24. The van der Waals surface area contributed by atoms with Gasteiger partial charge < -0.3 is 0 Å². The van der Waals surface area contributed by atoms with Crippen molar-refractivity contribution in [1.29, 1.82) is 0 Å². The average molecular weight is 167 g/mol. The van der Waals surface area contributed by atoms with E-state index in [2.05, 4.69) is 18.7 Å². The van der Waals surface area contributed by atoms with Gasteiger partial charge in [-0.05, 0) is 24.8 Å². The summed E-state index contributed by atoms with van der Waals surface area (Å²) in [6.45, 7) is 6.31. The van der Waals surface area contributed by atoms with Gasteiger partial charge in [-0.1, -0.05) is 13.8 Å². The zero-order chi connectivity index (χ0) is 8.77. The minimum Gasteiger partial charge on any atom is -0.298 e. The van der Waals surface area contributed by atoms with Crippen LogP contribution in [-0.2, 0) is 4.79 Å². The number of piperidine rings is 1. The SMILES string of the molecule is CC1(C)CC(=O)CN2CCCC21. The van der Waals surface area contributed by atoms with E-state index in [1.165, 1.54) is 12.8 Å². The van der Waals surface area contributed by atoms with Gasteiger partial charge >= 0.3 is 0 Å². The first-order chi connectivity index (χ1) is 5.59. The number of carbonyl (C=O) groups is 1. The Labute approximate surface area is 73.9 Å². The van der Waals surface area contributed by atoms with Crippen LogP contribution in [0.3, 0.4) is 0 Å². The van der Waals surface area contributed by atoms with E-state index >= 15 is 0 Å². The Morgan fingerprint density at radius 2 is 2.25 bits per heavy atom. The van der Waals surface area contributed by atoms with Gasteiger partial charge in [-0.2, -0.15) is 0 Å². The van der Waals surface area contributed by atoms with E-state index in [1.807, 2.05) is 0 Å². The number of hydrogen-bond donors (Lipinski definition) is 0. The standard InChI is InChI=1S/C10H17NO/c1-10(2)6-8(12)7-11-5-3-4-9(10)11/h9H,3-7H2,1-2H3. The summed E-state index contributed by atoms with van der Waals surface area (Å²) in [6.07, 6.45) is 3.36. The summed E-state index contributed by atoms with van der Waals surface area (Å²) in [5.74, 6) is 0.429. The number of ketones is 1. The molecule has 0 radical (unpaired) electrons. The van der Waals surface area contributed by atoms with Gasteiger partial charge in [0.25, 0.3) is 0 Å². The van der Waals surface area contributed by atoms with E-state index in [9.17, 15) is 4.79 Å². The Kier molecular flexibility index (Phi) is 1.76. The maximum absolute atomic E-state index is 11.4. The number of rotatable bonds is 0. The summed E-state index contributed by atoms with van der Waals surface area (Å²) in [4.78, 5) is 13.7. The Morgan fingerprint density at radius 1 is 1.50 bits per heavy atom. The number of fused-ring (bicyclic) bond motifs is 1. The largest absolute Gasteiger partial charge is 0.298 e. The van der Waals surface area contributed by atoms with Crippen LogP contribution in [0.5, 0.6) is 0 Å². The van der Waals surface area contributed by atoms with Gasteiger partial charge in [0.15, 0.2) is 0 Å². The summed E-state index contributed by atoms with van der Waals surface area (Å²) in [6, 6.07) is 0.676. The first-order valence-electron chi connectivity index (χ1n) is 4.85. The van der Waals surface area contributed by atoms with Crippen LogP contribution in [0.25, 0.3) is 0 Å². The predicted octanol–water partition coefficient (Wildman–Crippen LogP) is 1.45. The predicted molar refractivity (Wildman–Crippen MR) is 48.0 cm³/mol. The van der Waals surface area contributed by atoms with Crippen LogP contribution in [0.2, 0.25) is 0 Å². The Balaban J connectivity index is 2.20. The van der Waals surface area contributed by atoms with Crippen LogP contribution in [0, 0.1) is 5.41 Å². The van der Waals surface area contributed by atoms with Crippen LogP contribution in [0.15, 0.2) is 0 Å². The van der Waals surface area contributed by atoms with E-state index in [4.69, 9.17) is 0 Å². The number of hydrogen-bond acceptors (Lipinski definition) is 2. The molecule has 0 amide bonds. The topological polar surface area (TPSA) is 20.3 Å². The molecule has 1 unspecified atom stereocenters. The second-order valence-electron chi connectivity index (χ2n) is 4.83. The molecule has 0 aromatic carbocycles. The fraction of sp³-hybridized carbons (Fsp3) is 0.900. The third-order valence-corrected chi connectivity index (χ3v) is 3.30. The molecule has 0 aromatic heterocycles. The average Bonchev–Trinajstić information content (AvgIpc) is 2.32. The summed E-state index contributed by atoms with van der Waals surface area (Å²) >= 11 is 0. The van der Waals surface area contributed by atoms with Gasteiger partial charge in [0.1, 0.15) is 5.78 Å². The minimum absolute atomic E-state index is 0.228. The normalized spacial score (nSPS) is 35.2. The van der Waals surface area contributed by atoms with Gasteiger partial charge in [-0.3, -0.25) is 9.69 Å². The van der Waals surface area contributed by atoms with Crippen LogP contribution < -0.4 is 0 Å². The molecular formula is C10H17NO. The molecule has 0 saturated carbocycles. The molecular weight excluding hydrogens is 150 g/mol. The fourth-order valence-corrected chi connectivity index (χ4v) is 2.81. The molecule has 0 spiro atoms. The maximum atomic E-state index is 11.4. The molecule has 0 aliphatic carbocycles. The summed E-state index contributed by atoms with van der Waals surface area (Å²) in [7, 11) is 0. The van der Waals surface area contributed by atoms with Crippen molar-refractivity contribution in [2.75, 3.05) is 13.1 Å². The lowest BCUT2D eigenvalue weighted by atomic mass is 9.76. The van der Waals surface area contributed by atoms with Crippen molar-refractivity contribution < 1.29 is 4.79 Å². The smallest absolute Gasteiger partial charge is 0.147 e. The molecule has 2 heterocycles. The third kappa shape index (κ3) is 1.18. The molecule has 12 heavy (non-hydrogen) atoms.